The van der Waals surface area contributed by atoms with Crippen LogP contribution in [0, 0.1) is 0 Å². The van der Waals surface area contributed by atoms with Gasteiger partial charge in [-0.15, -0.1) is 0 Å². The van der Waals surface area contributed by atoms with Crippen LogP contribution in [-0.2, 0) is 20.8 Å². The van der Waals surface area contributed by atoms with Crippen LogP contribution in [0.5, 0.6) is 0 Å². The highest BCUT2D eigenvalue weighted by atomic mass is 19.4. The van der Waals surface area contributed by atoms with Crippen LogP contribution >= 0.6 is 0 Å². The highest BCUT2D eigenvalue weighted by molar-refractivity contribution is 5.80. The van der Waals surface area contributed by atoms with E-state index in [4.69, 9.17) is 15.0 Å². The van der Waals surface area contributed by atoms with E-state index in [1.165, 1.54) is 0 Å². The second-order valence-corrected chi connectivity index (χ2v) is 5.86. The number of rotatable bonds is 6. The molecule has 0 aliphatic carbocycles. The number of aliphatic carboxylic acids is 2. The fourth-order valence-electron chi connectivity index (χ4n) is 1.79. The summed E-state index contributed by atoms with van der Waals surface area (Å²) >= 11 is 0. The normalized spacial score (nSPS) is 13.2. The minimum atomic E-state index is -5.08. The lowest BCUT2D eigenvalue weighted by atomic mass is 10.1. The molecule has 12 heteroatoms. The Kier molecular flexibility index (Phi) is 7.50. The predicted octanol–water partition coefficient (Wildman–Crippen LogP) is 1.08. The summed E-state index contributed by atoms with van der Waals surface area (Å²) in [7, 11) is 0. The maximum atomic E-state index is 11.6. The Morgan fingerprint density at radius 3 is 2.21 bits per heavy atom. The molecular weight excluding hydrogens is 387 g/mol. The number of carbonyl (C=O) groups is 3. The number of carboxylic acid groups (broad SMARTS) is 2. The van der Waals surface area contributed by atoms with Crippen molar-refractivity contribution in [1.82, 2.24) is 15.3 Å². The van der Waals surface area contributed by atoms with Crippen LogP contribution in [0.15, 0.2) is 24.3 Å². The van der Waals surface area contributed by atoms with Crippen LogP contribution in [0.25, 0.3) is 11.0 Å². The monoisotopic (exact) mass is 405 g/mol. The fraction of sp³-hybridized carbons (Fsp3) is 0.375. The third kappa shape index (κ3) is 7.23. The van der Waals surface area contributed by atoms with Crippen molar-refractivity contribution in [3.63, 3.8) is 0 Å². The number of halogens is 3. The molecule has 0 bridgehead atoms. The number of aromatic amines is 1. The van der Waals surface area contributed by atoms with Crippen molar-refractivity contribution in [2.45, 2.75) is 31.5 Å². The average molecular weight is 405 g/mol. The van der Waals surface area contributed by atoms with Gasteiger partial charge in [0, 0.05) is 12.8 Å². The Bertz CT molecular complexity index is 815. The number of carbonyl (C=O) groups excluding carboxylic acids is 1. The SMILES string of the molecule is CC(O)(CNC(=O)CCc1nc2ccccc2[nH]1)C(=O)O.O=C(O)C(F)(F)F. The molecule has 1 aromatic heterocycles. The molecule has 2 rings (SSSR count). The fourth-order valence-corrected chi connectivity index (χ4v) is 1.79. The maximum Gasteiger partial charge on any atom is 0.490 e. The first-order valence-corrected chi connectivity index (χ1v) is 7.79. The number of nitrogens with one attached hydrogen (secondary N) is 2. The van der Waals surface area contributed by atoms with Gasteiger partial charge in [0.15, 0.2) is 5.60 Å². The van der Waals surface area contributed by atoms with Crippen molar-refractivity contribution < 1.29 is 42.9 Å². The number of hydrogen-bond donors (Lipinski definition) is 5. The Morgan fingerprint density at radius 1 is 1.14 bits per heavy atom. The lowest BCUT2D eigenvalue weighted by Crippen LogP contribution is -2.46. The number of carboxylic acids is 2. The van der Waals surface area contributed by atoms with Gasteiger partial charge in [0.05, 0.1) is 17.6 Å². The number of benzene rings is 1. The molecule has 9 nitrogen and oxygen atoms in total. The molecule has 0 spiro atoms. The van der Waals surface area contributed by atoms with Crippen molar-refractivity contribution in [3.8, 4) is 0 Å². The third-order valence-electron chi connectivity index (χ3n) is 3.36. The van der Waals surface area contributed by atoms with Crippen molar-refractivity contribution in [1.29, 1.82) is 0 Å². The Labute approximate surface area is 156 Å². The summed E-state index contributed by atoms with van der Waals surface area (Å²) in [6.45, 7) is 0.802. The van der Waals surface area contributed by atoms with Crippen LogP contribution in [0.4, 0.5) is 13.2 Å². The molecule has 0 saturated heterocycles. The van der Waals surface area contributed by atoms with Gasteiger partial charge in [-0.1, -0.05) is 12.1 Å². The van der Waals surface area contributed by atoms with E-state index in [1.807, 2.05) is 24.3 Å². The smallest absolute Gasteiger partial charge is 0.479 e. The van der Waals surface area contributed by atoms with E-state index < -0.39 is 23.7 Å². The van der Waals surface area contributed by atoms with E-state index in [0.717, 1.165) is 18.0 Å². The van der Waals surface area contributed by atoms with Gasteiger partial charge in [-0.2, -0.15) is 13.2 Å². The van der Waals surface area contributed by atoms with Crippen LogP contribution in [0.2, 0.25) is 0 Å². The van der Waals surface area contributed by atoms with Gasteiger partial charge in [-0.25, -0.2) is 14.6 Å². The summed E-state index contributed by atoms with van der Waals surface area (Å²) in [5, 5.41) is 27.7. The molecule has 0 aliphatic rings. The highest BCUT2D eigenvalue weighted by Crippen LogP contribution is 2.13. The topological polar surface area (TPSA) is 153 Å². The van der Waals surface area contributed by atoms with Crippen LogP contribution in [0.3, 0.4) is 0 Å². The summed E-state index contributed by atoms with van der Waals surface area (Å²) in [6, 6.07) is 7.55. The second kappa shape index (κ2) is 9.17. The number of amides is 1. The van der Waals surface area contributed by atoms with E-state index in [1.54, 1.807) is 0 Å². The molecule has 1 atom stereocenters. The quantitative estimate of drug-likeness (QED) is 0.482. The number of nitrogens with zero attached hydrogens (tertiary/aromatic N) is 1. The van der Waals surface area contributed by atoms with E-state index in [-0.39, 0.29) is 18.9 Å². The largest absolute Gasteiger partial charge is 0.490 e. The van der Waals surface area contributed by atoms with Crippen molar-refractivity contribution in [2.75, 3.05) is 6.54 Å². The molecule has 2 aromatic rings. The van der Waals surface area contributed by atoms with Gasteiger partial charge in [0.2, 0.25) is 5.91 Å². The van der Waals surface area contributed by atoms with Gasteiger partial charge >= 0.3 is 18.1 Å². The molecule has 28 heavy (non-hydrogen) atoms. The number of para-hydroxylation sites is 2. The minimum Gasteiger partial charge on any atom is -0.479 e. The molecule has 1 aromatic carbocycles. The molecule has 0 fully saturated rings. The molecule has 154 valence electrons. The van der Waals surface area contributed by atoms with Gasteiger partial charge in [0.25, 0.3) is 0 Å². The summed E-state index contributed by atoms with van der Waals surface area (Å²) in [5.74, 6) is -3.78. The highest BCUT2D eigenvalue weighted by Gasteiger charge is 2.38. The molecule has 1 amide bonds. The number of hydrogen-bond acceptors (Lipinski definition) is 5. The molecule has 1 heterocycles. The first kappa shape index (κ1) is 22.9. The van der Waals surface area contributed by atoms with Gasteiger partial charge in [-0.3, -0.25) is 4.79 Å². The molecule has 5 N–H and O–H groups in total. The van der Waals surface area contributed by atoms with E-state index in [0.29, 0.717) is 12.2 Å². The van der Waals surface area contributed by atoms with Crippen LogP contribution in [0.1, 0.15) is 19.2 Å². The van der Waals surface area contributed by atoms with E-state index in [2.05, 4.69) is 15.3 Å². The number of aryl methyl sites for hydroxylation is 1. The van der Waals surface area contributed by atoms with Gasteiger partial charge < -0.3 is 25.6 Å². The second-order valence-electron chi connectivity index (χ2n) is 5.86. The van der Waals surface area contributed by atoms with E-state index >= 15 is 0 Å². The number of alkyl halides is 3. The number of imidazole rings is 1. The van der Waals surface area contributed by atoms with Gasteiger partial charge in [-0.05, 0) is 19.1 Å². The van der Waals surface area contributed by atoms with Crippen LogP contribution < -0.4 is 5.32 Å². The molecule has 0 radical (unpaired) electrons. The first-order valence-electron chi connectivity index (χ1n) is 7.79. The number of H-pyrrole nitrogens is 1. The number of aromatic nitrogens is 2. The standard InChI is InChI=1S/C14H17N3O4.C2HF3O2/c1-14(21,13(19)20)8-15-12(18)7-6-11-16-9-4-2-3-5-10(9)17-11;3-2(4,5)1(6)7/h2-5,21H,6-8H2,1H3,(H,15,18)(H,16,17)(H,19,20);(H,6,7). The lowest BCUT2D eigenvalue weighted by molar-refractivity contribution is -0.192. The molecular formula is C16H18F3N3O6. The minimum absolute atomic E-state index is 0.162. The zero-order valence-corrected chi connectivity index (χ0v) is 14.6. The van der Waals surface area contributed by atoms with Crippen molar-refractivity contribution in [3.05, 3.63) is 30.1 Å². The van der Waals surface area contributed by atoms with Crippen molar-refractivity contribution in [2.24, 2.45) is 0 Å². The maximum absolute atomic E-state index is 11.6. The molecule has 0 aliphatic heterocycles. The zero-order valence-electron chi connectivity index (χ0n) is 14.6. The number of fused-ring (bicyclic) bond motifs is 1. The summed E-state index contributed by atoms with van der Waals surface area (Å²) in [5.41, 5.74) is -0.224. The lowest BCUT2D eigenvalue weighted by Gasteiger charge is -2.18. The predicted molar refractivity (Wildman–Crippen MR) is 89.4 cm³/mol. The van der Waals surface area contributed by atoms with E-state index in [9.17, 15) is 27.9 Å². The Hall–Kier alpha value is -3.15. The Balaban J connectivity index is 0.000000480. The summed E-state index contributed by atoms with van der Waals surface area (Å²) in [4.78, 5) is 38.7. The Morgan fingerprint density at radius 2 is 1.71 bits per heavy atom. The van der Waals surface area contributed by atoms with Gasteiger partial charge in [0.1, 0.15) is 5.82 Å². The zero-order chi connectivity index (χ0) is 21.5. The first-order chi connectivity index (χ1) is 12.8. The number of aliphatic hydroxyl groups is 1. The summed E-state index contributed by atoms with van der Waals surface area (Å²) < 4.78 is 31.7. The molecule has 0 saturated carbocycles. The van der Waals surface area contributed by atoms with Crippen molar-refractivity contribution >= 4 is 28.9 Å². The molecule has 1 unspecified atom stereocenters. The third-order valence-corrected chi connectivity index (χ3v) is 3.36. The van der Waals surface area contributed by atoms with Crippen LogP contribution in [-0.4, -0.2) is 61.5 Å². The average Bonchev–Trinajstić information content (AvgIpc) is 3.00. The summed E-state index contributed by atoms with van der Waals surface area (Å²) in [6.07, 6.45) is -4.51.